The molecule has 134 valence electrons. The van der Waals surface area contributed by atoms with E-state index in [1.54, 1.807) is 36.8 Å². The molecule has 1 amide bonds. The first-order valence-corrected chi connectivity index (χ1v) is 9.14. The minimum absolute atomic E-state index is 0.0580. The number of thiazole rings is 1. The lowest BCUT2D eigenvalue weighted by Gasteiger charge is -2.05. The van der Waals surface area contributed by atoms with Gasteiger partial charge in [0.15, 0.2) is 0 Å². The van der Waals surface area contributed by atoms with Crippen LogP contribution in [0.15, 0.2) is 59.5 Å². The summed E-state index contributed by atoms with van der Waals surface area (Å²) >= 11 is 7.45. The van der Waals surface area contributed by atoms with Crippen molar-refractivity contribution in [2.75, 3.05) is 12.4 Å². The number of carbonyl (C=O) groups excluding carboxylic acids is 1. The third-order valence-corrected chi connectivity index (χ3v) is 4.86. The maximum atomic E-state index is 12.4. The number of nitrogens with one attached hydrogen (secondary N) is 1. The van der Waals surface area contributed by atoms with Gasteiger partial charge in [-0.15, -0.1) is 11.3 Å². The van der Waals surface area contributed by atoms with E-state index in [0.29, 0.717) is 16.4 Å². The number of aromatic nitrogens is 1. The number of anilines is 1. The second kappa shape index (κ2) is 8.49. The third kappa shape index (κ3) is 4.53. The number of nitriles is 1. The number of methoxy groups -OCH3 is 1. The highest BCUT2D eigenvalue weighted by atomic mass is 35.5. The summed E-state index contributed by atoms with van der Waals surface area (Å²) in [6.45, 7) is 0. The highest BCUT2D eigenvalue weighted by molar-refractivity contribution is 7.13. The van der Waals surface area contributed by atoms with Crippen LogP contribution in [0.1, 0.15) is 5.69 Å². The molecule has 0 aliphatic rings. The summed E-state index contributed by atoms with van der Waals surface area (Å²) in [6, 6.07) is 16.3. The summed E-state index contributed by atoms with van der Waals surface area (Å²) in [5.41, 5.74) is 1.82. The Balaban J connectivity index is 1.82. The molecule has 27 heavy (non-hydrogen) atoms. The van der Waals surface area contributed by atoms with Gasteiger partial charge >= 0.3 is 0 Å². The molecule has 0 aliphatic heterocycles. The predicted octanol–water partition coefficient (Wildman–Crippen LogP) is 5.02. The molecule has 3 aromatic rings. The van der Waals surface area contributed by atoms with Gasteiger partial charge in [0.05, 0.1) is 23.5 Å². The average molecular weight is 396 g/mol. The quantitative estimate of drug-likeness (QED) is 0.486. The Kier molecular flexibility index (Phi) is 5.87. The molecule has 7 heteroatoms. The molecule has 0 unspecified atom stereocenters. The first-order valence-electron chi connectivity index (χ1n) is 7.88. The van der Waals surface area contributed by atoms with Gasteiger partial charge in [-0.05, 0) is 30.3 Å². The first kappa shape index (κ1) is 18.6. The lowest BCUT2D eigenvalue weighted by Crippen LogP contribution is -2.13. The molecule has 0 saturated carbocycles. The summed E-state index contributed by atoms with van der Waals surface area (Å²) in [4.78, 5) is 16.8. The Morgan fingerprint density at radius 3 is 2.85 bits per heavy atom. The second-order valence-electron chi connectivity index (χ2n) is 5.41. The van der Waals surface area contributed by atoms with Crippen molar-refractivity contribution in [2.24, 2.45) is 0 Å². The fourth-order valence-corrected chi connectivity index (χ4v) is 3.25. The number of rotatable bonds is 5. The fraction of sp³-hybridized carbons (Fsp3) is 0.0500. The van der Waals surface area contributed by atoms with Crippen LogP contribution >= 0.6 is 22.9 Å². The number of carbonyl (C=O) groups is 1. The minimum atomic E-state index is -0.540. The summed E-state index contributed by atoms with van der Waals surface area (Å²) in [7, 11) is 1.60. The van der Waals surface area contributed by atoms with Crippen LogP contribution in [0.2, 0.25) is 5.02 Å². The van der Waals surface area contributed by atoms with Gasteiger partial charge in [-0.3, -0.25) is 4.79 Å². The van der Waals surface area contributed by atoms with Crippen LogP contribution in [0.4, 0.5) is 5.69 Å². The third-order valence-electron chi connectivity index (χ3n) is 3.62. The van der Waals surface area contributed by atoms with Crippen LogP contribution in [-0.2, 0) is 4.79 Å². The number of halogens is 1. The zero-order chi connectivity index (χ0) is 19.2. The zero-order valence-electron chi connectivity index (χ0n) is 14.3. The van der Waals surface area contributed by atoms with Crippen molar-refractivity contribution in [3.05, 3.63) is 70.2 Å². The molecule has 1 aromatic heterocycles. The average Bonchev–Trinajstić information content (AvgIpc) is 3.16. The van der Waals surface area contributed by atoms with Gasteiger partial charge in [0, 0.05) is 10.9 Å². The molecule has 3 rings (SSSR count). The molecule has 0 aliphatic carbocycles. The molecule has 5 nitrogen and oxygen atoms in total. The highest BCUT2D eigenvalue weighted by Gasteiger charge is 2.13. The van der Waals surface area contributed by atoms with Crippen molar-refractivity contribution in [3.63, 3.8) is 0 Å². The number of ether oxygens (including phenoxy) is 1. The number of para-hydroxylation sites is 1. The van der Waals surface area contributed by atoms with Crippen molar-refractivity contribution in [2.45, 2.75) is 0 Å². The van der Waals surface area contributed by atoms with Gasteiger partial charge in [0.25, 0.3) is 5.91 Å². The molecular formula is C20H14ClN3O2S. The zero-order valence-corrected chi connectivity index (χ0v) is 15.8. The number of hydrogen-bond acceptors (Lipinski definition) is 5. The topological polar surface area (TPSA) is 75.0 Å². The van der Waals surface area contributed by atoms with E-state index in [1.807, 2.05) is 30.3 Å². The van der Waals surface area contributed by atoms with Gasteiger partial charge in [0.2, 0.25) is 0 Å². The smallest absolute Gasteiger partial charge is 0.266 e. The van der Waals surface area contributed by atoms with Crippen LogP contribution in [0, 0.1) is 11.3 Å². The Labute approximate surface area is 165 Å². The molecular weight excluding hydrogens is 382 g/mol. The Bertz CT molecular complexity index is 1050. The minimum Gasteiger partial charge on any atom is -0.497 e. The van der Waals surface area contributed by atoms with E-state index in [0.717, 1.165) is 16.3 Å². The fourth-order valence-electron chi connectivity index (χ4n) is 2.29. The van der Waals surface area contributed by atoms with E-state index in [-0.39, 0.29) is 5.57 Å². The van der Waals surface area contributed by atoms with E-state index >= 15 is 0 Å². The van der Waals surface area contributed by atoms with Crippen LogP contribution in [0.5, 0.6) is 5.75 Å². The van der Waals surface area contributed by atoms with E-state index in [2.05, 4.69) is 10.3 Å². The number of hydrogen-bond donors (Lipinski definition) is 1. The molecule has 1 N–H and O–H groups in total. The maximum Gasteiger partial charge on any atom is 0.266 e. The molecule has 2 aromatic carbocycles. The molecule has 0 atom stereocenters. The van der Waals surface area contributed by atoms with Crippen LogP contribution in [-0.4, -0.2) is 18.0 Å². The van der Waals surface area contributed by atoms with Crippen molar-refractivity contribution in [1.82, 2.24) is 4.98 Å². The standard InChI is InChI=1S/C20H14ClN3O2S/c1-26-16-6-4-5-13(10-16)20-23-15(12-27-20)9-14(11-22)19(25)24-18-8-3-2-7-17(18)21/h2-10,12H,1H3,(H,24,25). The van der Waals surface area contributed by atoms with Crippen LogP contribution in [0.25, 0.3) is 16.6 Å². The predicted molar refractivity (Wildman–Crippen MR) is 108 cm³/mol. The summed E-state index contributed by atoms with van der Waals surface area (Å²) in [6.07, 6.45) is 1.45. The van der Waals surface area contributed by atoms with Crippen LogP contribution < -0.4 is 10.1 Å². The van der Waals surface area contributed by atoms with Crippen molar-refractivity contribution < 1.29 is 9.53 Å². The van der Waals surface area contributed by atoms with Crippen LogP contribution in [0.3, 0.4) is 0 Å². The molecule has 1 heterocycles. The lowest BCUT2D eigenvalue weighted by molar-refractivity contribution is -0.112. The highest BCUT2D eigenvalue weighted by Crippen LogP contribution is 2.28. The number of benzene rings is 2. The van der Waals surface area contributed by atoms with E-state index in [4.69, 9.17) is 16.3 Å². The van der Waals surface area contributed by atoms with Crippen molar-refractivity contribution >= 4 is 40.6 Å². The maximum absolute atomic E-state index is 12.4. The molecule has 0 radical (unpaired) electrons. The van der Waals surface area contributed by atoms with Crippen molar-refractivity contribution in [3.8, 4) is 22.4 Å². The first-order chi connectivity index (χ1) is 13.1. The molecule has 0 saturated heterocycles. The monoisotopic (exact) mass is 395 g/mol. The molecule has 0 spiro atoms. The Hall–Kier alpha value is -3.14. The normalized spacial score (nSPS) is 10.9. The van der Waals surface area contributed by atoms with Gasteiger partial charge in [-0.2, -0.15) is 5.26 Å². The Morgan fingerprint density at radius 1 is 1.30 bits per heavy atom. The van der Waals surface area contributed by atoms with E-state index < -0.39 is 5.91 Å². The SMILES string of the molecule is COc1cccc(-c2nc(C=C(C#N)C(=O)Nc3ccccc3Cl)cs2)c1. The lowest BCUT2D eigenvalue weighted by atomic mass is 10.2. The summed E-state index contributed by atoms with van der Waals surface area (Å²) in [5, 5.41) is 14.9. The van der Waals surface area contributed by atoms with Crippen molar-refractivity contribution in [1.29, 1.82) is 5.26 Å². The number of nitrogens with zero attached hydrogens (tertiary/aromatic N) is 2. The second-order valence-corrected chi connectivity index (χ2v) is 6.68. The van der Waals surface area contributed by atoms with Gasteiger partial charge in [-0.25, -0.2) is 4.98 Å². The summed E-state index contributed by atoms with van der Waals surface area (Å²) in [5.74, 6) is 0.193. The van der Waals surface area contributed by atoms with E-state index in [1.165, 1.54) is 17.4 Å². The van der Waals surface area contributed by atoms with E-state index in [9.17, 15) is 10.1 Å². The largest absolute Gasteiger partial charge is 0.497 e. The number of amides is 1. The summed E-state index contributed by atoms with van der Waals surface area (Å²) < 4.78 is 5.22. The van der Waals surface area contributed by atoms with Gasteiger partial charge in [-0.1, -0.05) is 35.9 Å². The molecule has 0 bridgehead atoms. The van der Waals surface area contributed by atoms with Gasteiger partial charge < -0.3 is 10.1 Å². The molecule has 0 fully saturated rings. The Morgan fingerprint density at radius 2 is 2.11 bits per heavy atom. The van der Waals surface area contributed by atoms with Gasteiger partial charge in [0.1, 0.15) is 22.4 Å².